The van der Waals surface area contributed by atoms with Crippen LogP contribution in [0, 0.1) is 12.2 Å². The van der Waals surface area contributed by atoms with Crippen LogP contribution in [0.4, 0.5) is 4.39 Å². The van der Waals surface area contributed by atoms with Gasteiger partial charge in [0.05, 0.1) is 0 Å². The molecule has 0 bridgehead atoms. The van der Waals surface area contributed by atoms with Gasteiger partial charge in [0.25, 0.3) is 0 Å². The predicted octanol–water partition coefficient (Wildman–Crippen LogP) is 3.63. The Balaban J connectivity index is 1.64. The molecule has 2 aromatic rings. The molecule has 1 aliphatic rings. The van der Waals surface area contributed by atoms with Crippen molar-refractivity contribution in [1.29, 1.82) is 0 Å². The van der Waals surface area contributed by atoms with Crippen molar-refractivity contribution in [2.75, 3.05) is 13.1 Å². The van der Waals surface area contributed by atoms with E-state index >= 15 is 0 Å². The summed E-state index contributed by atoms with van der Waals surface area (Å²) in [7, 11) is 0. The number of benzene rings is 2. The van der Waals surface area contributed by atoms with Gasteiger partial charge in [-0.15, -0.1) is 0 Å². The minimum Gasteiger partial charge on any atom is -0.298 e. The number of likely N-dealkylation sites (tertiary alicyclic amines) is 1. The largest absolute Gasteiger partial charge is 0.298 e. The van der Waals surface area contributed by atoms with Gasteiger partial charge in [-0.05, 0) is 29.7 Å². The number of nitrogens with zero attached hydrogens (tertiary/aromatic N) is 1. The molecular formula is C17H17FN. The normalized spacial score (nSPS) is 19.7. The second-order valence-electron chi connectivity index (χ2n) is 5.08. The fraction of sp³-hybridized carbons (Fsp3) is 0.235. The summed E-state index contributed by atoms with van der Waals surface area (Å²) >= 11 is 0. The maximum absolute atomic E-state index is 13.2. The van der Waals surface area contributed by atoms with Gasteiger partial charge >= 0.3 is 0 Å². The molecular weight excluding hydrogens is 237 g/mol. The Labute approximate surface area is 113 Å². The third kappa shape index (κ3) is 3.02. The summed E-state index contributed by atoms with van der Waals surface area (Å²) in [6.07, 6.45) is 2.28. The van der Waals surface area contributed by atoms with Crippen LogP contribution in [0.5, 0.6) is 0 Å². The van der Waals surface area contributed by atoms with E-state index in [1.165, 1.54) is 11.6 Å². The average molecular weight is 254 g/mol. The Morgan fingerprint density at radius 2 is 1.89 bits per heavy atom. The first-order chi connectivity index (χ1) is 9.31. The van der Waals surface area contributed by atoms with Gasteiger partial charge in [0.1, 0.15) is 5.82 Å². The molecule has 1 fully saturated rings. The van der Waals surface area contributed by atoms with Crippen molar-refractivity contribution in [3.8, 4) is 0 Å². The minimum absolute atomic E-state index is 0.146. The Morgan fingerprint density at radius 1 is 1.05 bits per heavy atom. The van der Waals surface area contributed by atoms with E-state index in [1.807, 2.05) is 12.1 Å². The van der Waals surface area contributed by atoms with Crippen LogP contribution in [0.25, 0.3) is 0 Å². The van der Waals surface area contributed by atoms with E-state index in [-0.39, 0.29) is 5.82 Å². The maximum Gasteiger partial charge on any atom is 0.123 e. The number of rotatable bonds is 3. The molecule has 3 rings (SSSR count). The summed E-state index contributed by atoms with van der Waals surface area (Å²) in [6, 6.07) is 17.4. The van der Waals surface area contributed by atoms with E-state index in [2.05, 4.69) is 35.6 Å². The van der Waals surface area contributed by atoms with Gasteiger partial charge < -0.3 is 0 Å². The Morgan fingerprint density at radius 3 is 2.68 bits per heavy atom. The lowest BCUT2D eigenvalue weighted by molar-refractivity contribution is 0.330. The minimum atomic E-state index is -0.146. The van der Waals surface area contributed by atoms with Crippen molar-refractivity contribution in [3.05, 3.63) is 78.0 Å². The Hall–Kier alpha value is -1.67. The van der Waals surface area contributed by atoms with Crippen molar-refractivity contribution in [2.45, 2.75) is 12.5 Å². The summed E-state index contributed by atoms with van der Waals surface area (Å²) in [4.78, 5) is 2.39. The number of hydrogen-bond donors (Lipinski definition) is 0. The molecule has 19 heavy (non-hydrogen) atoms. The van der Waals surface area contributed by atoms with Gasteiger partial charge in [0, 0.05) is 25.6 Å². The van der Waals surface area contributed by atoms with Gasteiger partial charge in [0.15, 0.2) is 0 Å². The quantitative estimate of drug-likeness (QED) is 0.808. The van der Waals surface area contributed by atoms with Crippen LogP contribution in [0.3, 0.4) is 0 Å². The van der Waals surface area contributed by atoms with E-state index in [0.717, 1.165) is 25.2 Å². The monoisotopic (exact) mass is 254 g/mol. The van der Waals surface area contributed by atoms with E-state index in [0.29, 0.717) is 5.92 Å². The van der Waals surface area contributed by atoms with E-state index in [9.17, 15) is 4.39 Å². The first kappa shape index (κ1) is 12.4. The van der Waals surface area contributed by atoms with Gasteiger partial charge in [-0.25, -0.2) is 4.39 Å². The van der Waals surface area contributed by atoms with Crippen molar-refractivity contribution in [2.24, 2.45) is 0 Å². The fourth-order valence-corrected chi connectivity index (χ4v) is 2.65. The van der Waals surface area contributed by atoms with Crippen LogP contribution >= 0.6 is 0 Å². The highest BCUT2D eigenvalue weighted by Crippen LogP contribution is 2.27. The van der Waals surface area contributed by atoms with Gasteiger partial charge in [-0.3, -0.25) is 4.90 Å². The zero-order valence-corrected chi connectivity index (χ0v) is 10.8. The third-order valence-electron chi connectivity index (χ3n) is 3.63. The highest BCUT2D eigenvalue weighted by atomic mass is 19.1. The topological polar surface area (TPSA) is 3.24 Å². The van der Waals surface area contributed by atoms with E-state index in [4.69, 9.17) is 0 Å². The van der Waals surface area contributed by atoms with Crippen LogP contribution in [0.1, 0.15) is 17.0 Å². The third-order valence-corrected chi connectivity index (χ3v) is 3.63. The summed E-state index contributed by atoms with van der Waals surface area (Å²) < 4.78 is 13.2. The molecule has 97 valence electrons. The molecule has 2 aromatic carbocycles. The first-order valence-corrected chi connectivity index (χ1v) is 6.66. The first-order valence-electron chi connectivity index (χ1n) is 6.66. The van der Waals surface area contributed by atoms with E-state index < -0.39 is 0 Å². The van der Waals surface area contributed by atoms with Gasteiger partial charge in [-0.2, -0.15) is 0 Å². The SMILES string of the molecule is Fc1cccc(C2[CH]CN(Cc3ccccc3)C2)c1. The predicted molar refractivity (Wildman–Crippen MR) is 75.2 cm³/mol. The van der Waals surface area contributed by atoms with Gasteiger partial charge in [0.2, 0.25) is 0 Å². The van der Waals surface area contributed by atoms with E-state index in [1.54, 1.807) is 12.1 Å². The molecule has 0 N–H and O–H groups in total. The highest BCUT2D eigenvalue weighted by molar-refractivity contribution is 5.26. The second-order valence-corrected chi connectivity index (χ2v) is 5.08. The zero-order valence-electron chi connectivity index (χ0n) is 10.8. The molecule has 0 aromatic heterocycles. The van der Waals surface area contributed by atoms with Crippen LogP contribution in [0.15, 0.2) is 54.6 Å². The van der Waals surface area contributed by atoms with Crippen molar-refractivity contribution in [3.63, 3.8) is 0 Å². The second kappa shape index (κ2) is 5.54. The molecule has 2 heteroatoms. The molecule has 1 aliphatic heterocycles. The Bertz CT molecular complexity index is 538. The molecule has 1 atom stereocenters. The van der Waals surface area contributed by atoms with Crippen LogP contribution in [-0.4, -0.2) is 18.0 Å². The summed E-state index contributed by atoms with van der Waals surface area (Å²) in [5.41, 5.74) is 2.41. The number of hydrogen-bond acceptors (Lipinski definition) is 1. The lowest BCUT2D eigenvalue weighted by atomic mass is 9.98. The van der Waals surface area contributed by atoms with Crippen molar-refractivity contribution >= 4 is 0 Å². The van der Waals surface area contributed by atoms with Crippen LogP contribution in [0.2, 0.25) is 0 Å². The van der Waals surface area contributed by atoms with Crippen molar-refractivity contribution in [1.82, 2.24) is 4.90 Å². The molecule has 0 saturated carbocycles. The Kier molecular flexibility index (Phi) is 3.60. The molecule has 1 nitrogen and oxygen atoms in total. The zero-order chi connectivity index (χ0) is 13.1. The van der Waals surface area contributed by atoms with Crippen LogP contribution < -0.4 is 0 Å². The van der Waals surface area contributed by atoms with Crippen molar-refractivity contribution < 1.29 is 4.39 Å². The number of halogens is 1. The maximum atomic E-state index is 13.2. The molecule has 0 amide bonds. The lowest BCUT2D eigenvalue weighted by Crippen LogP contribution is -2.19. The molecule has 1 unspecified atom stereocenters. The van der Waals surface area contributed by atoms with Crippen LogP contribution in [-0.2, 0) is 6.54 Å². The summed E-state index contributed by atoms with van der Waals surface area (Å²) in [5, 5.41) is 0. The molecule has 0 spiro atoms. The fourth-order valence-electron chi connectivity index (χ4n) is 2.65. The molecule has 1 saturated heterocycles. The smallest absolute Gasteiger partial charge is 0.123 e. The standard InChI is InChI=1S/C17H17FN/c18-17-8-4-7-15(11-17)16-9-10-19(13-16)12-14-5-2-1-3-6-14/h1-9,11,16H,10,12-13H2. The average Bonchev–Trinajstić information content (AvgIpc) is 2.88. The molecule has 1 radical (unpaired) electrons. The highest BCUT2D eigenvalue weighted by Gasteiger charge is 2.24. The van der Waals surface area contributed by atoms with Gasteiger partial charge in [-0.1, -0.05) is 42.5 Å². The molecule has 1 heterocycles. The summed E-state index contributed by atoms with van der Waals surface area (Å²) in [5.74, 6) is 0.201. The molecule has 0 aliphatic carbocycles. The lowest BCUT2D eigenvalue weighted by Gasteiger charge is -2.16. The summed E-state index contributed by atoms with van der Waals surface area (Å²) in [6.45, 7) is 2.90.